The van der Waals surface area contributed by atoms with Gasteiger partial charge in [-0.25, -0.2) is 4.79 Å². The summed E-state index contributed by atoms with van der Waals surface area (Å²) in [7, 11) is 0. The molecule has 3 amide bonds. The number of aromatic nitrogens is 2. The van der Waals surface area contributed by atoms with Crippen LogP contribution in [0.25, 0.3) is 22.9 Å². The Bertz CT molecular complexity index is 1230. The Hall–Kier alpha value is -4.46. The lowest BCUT2D eigenvalue weighted by atomic mass is 10.1. The van der Waals surface area contributed by atoms with Crippen LogP contribution < -0.4 is 16.4 Å². The molecule has 4 aromatic rings. The summed E-state index contributed by atoms with van der Waals surface area (Å²) in [6.45, 7) is 2.01. The summed E-state index contributed by atoms with van der Waals surface area (Å²) in [5.74, 6) is 0.502. The minimum absolute atomic E-state index is 0.298. The van der Waals surface area contributed by atoms with Crippen molar-refractivity contribution in [2.45, 2.75) is 6.92 Å². The van der Waals surface area contributed by atoms with Gasteiger partial charge in [0.05, 0.1) is 0 Å². The molecule has 0 atom stereocenters. The number of urea groups is 1. The smallest absolute Gasteiger partial charge is 0.316 e. The Kier molecular flexibility index (Phi) is 5.44. The molecule has 0 bridgehead atoms. The quantitative estimate of drug-likeness (QED) is 0.446. The number of nitrogens with zero attached hydrogens (tertiary/aromatic N) is 2. The van der Waals surface area contributed by atoms with Gasteiger partial charge in [-0.05, 0) is 61.5 Å². The maximum absolute atomic E-state index is 12.5. The van der Waals surface area contributed by atoms with Crippen LogP contribution in [0.3, 0.4) is 0 Å². The van der Waals surface area contributed by atoms with Gasteiger partial charge in [-0.3, -0.25) is 4.79 Å². The third-order valence-electron chi connectivity index (χ3n) is 4.51. The molecule has 4 rings (SSSR count). The second kappa shape index (κ2) is 8.50. The summed E-state index contributed by atoms with van der Waals surface area (Å²) in [5, 5.41) is 13.4. The lowest BCUT2D eigenvalue weighted by Crippen LogP contribution is -2.19. The minimum atomic E-state index is -0.675. The molecule has 3 aromatic carbocycles. The topological polar surface area (TPSA) is 123 Å². The largest absolute Gasteiger partial charge is 0.416 e. The lowest BCUT2D eigenvalue weighted by Gasteiger charge is -2.08. The van der Waals surface area contributed by atoms with Gasteiger partial charge in [0.2, 0.25) is 11.8 Å². The van der Waals surface area contributed by atoms with E-state index in [9.17, 15) is 9.59 Å². The van der Waals surface area contributed by atoms with Crippen LogP contribution in [-0.4, -0.2) is 22.1 Å². The number of benzene rings is 3. The van der Waals surface area contributed by atoms with Crippen LogP contribution in [0.1, 0.15) is 15.9 Å². The molecule has 31 heavy (non-hydrogen) atoms. The van der Waals surface area contributed by atoms with Gasteiger partial charge in [0.15, 0.2) is 0 Å². The summed E-state index contributed by atoms with van der Waals surface area (Å²) in [6, 6.07) is 20.7. The van der Waals surface area contributed by atoms with Gasteiger partial charge < -0.3 is 20.8 Å². The first-order valence-corrected chi connectivity index (χ1v) is 9.47. The maximum atomic E-state index is 12.5. The number of primary amides is 1. The van der Waals surface area contributed by atoms with E-state index in [-0.39, 0.29) is 5.91 Å². The fourth-order valence-electron chi connectivity index (χ4n) is 2.94. The molecule has 1 aromatic heterocycles. The molecule has 0 saturated carbocycles. The predicted octanol–water partition coefficient (Wildman–Crippen LogP) is 4.45. The molecule has 0 aliphatic rings. The van der Waals surface area contributed by atoms with Gasteiger partial charge in [0, 0.05) is 28.1 Å². The standard InChI is InChI=1S/C23H19N5O3/c1-14-5-7-16(8-6-14)21-27-28-22(31-21)17-11-9-15(10-12-17)20(29)25-18-3-2-4-19(13-18)26-23(24)30/h2-13H,1H3,(H,25,29)(H3,24,26,30). The van der Waals surface area contributed by atoms with Crippen molar-refractivity contribution < 1.29 is 14.0 Å². The molecule has 0 fully saturated rings. The highest BCUT2D eigenvalue weighted by Crippen LogP contribution is 2.24. The van der Waals surface area contributed by atoms with E-state index in [1.54, 1.807) is 48.5 Å². The number of anilines is 2. The number of rotatable bonds is 5. The van der Waals surface area contributed by atoms with Crippen LogP contribution >= 0.6 is 0 Å². The van der Waals surface area contributed by atoms with E-state index >= 15 is 0 Å². The first kappa shape index (κ1) is 19.8. The average molecular weight is 413 g/mol. The fraction of sp³-hybridized carbons (Fsp3) is 0.0435. The molecule has 0 aliphatic heterocycles. The van der Waals surface area contributed by atoms with Crippen LogP contribution in [0.2, 0.25) is 0 Å². The number of hydrogen-bond acceptors (Lipinski definition) is 5. The molecule has 0 radical (unpaired) electrons. The Morgan fingerprint density at radius 3 is 1.94 bits per heavy atom. The normalized spacial score (nSPS) is 10.5. The third kappa shape index (κ3) is 4.76. The monoisotopic (exact) mass is 413 g/mol. The zero-order valence-corrected chi connectivity index (χ0v) is 16.6. The number of carbonyl (C=O) groups excluding carboxylic acids is 2. The summed E-state index contributed by atoms with van der Waals surface area (Å²) in [4.78, 5) is 23.5. The van der Waals surface area contributed by atoms with Gasteiger partial charge in [-0.1, -0.05) is 23.8 Å². The van der Waals surface area contributed by atoms with Crippen LogP contribution in [0.4, 0.5) is 16.2 Å². The maximum Gasteiger partial charge on any atom is 0.316 e. The third-order valence-corrected chi connectivity index (χ3v) is 4.51. The zero-order chi connectivity index (χ0) is 21.8. The number of nitrogens with two attached hydrogens (primary N) is 1. The summed E-state index contributed by atoms with van der Waals surface area (Å²) in [6.07, 6.45) is 0. The van der Waals surface area contributed by atoms with Crippen molar-refractivity contribution in [1.82, 2.24) is 10.2 Å². The van der Waals surface area contributed by atoms with E-state index in [0.717, 1.165) is 11.1 Å². The lowest BCUT2D eigenvalue weighted by molar-refractivity contribution is 0.102. The van der Waals surface area contributed by atoms with Crippen LogP contribution in [-0.2, 0) is 0 Å². The molecule has 154 valence electrons. The molecule has 8 nitrogen and oxygen atoms in total. The number of amides is 3. The highest BCUT2D eigenvalue weighted by molar-refractivity contribution is 6.04. The van der Waals surface area contributed by atoms with Crippen molar-refractivity contribution in [2.75, 3.05) is 10.6 Å². The zero-order valence-electron chi connectivity index (χ0n) is 16.6. The Labute approximate surface area is 178 Å². The number of aryl methyl sites for hydroxylation is 1. The Morgan fingerprint density at radius 1 is 0.806 bits per heavy atom. The predicted molar refractivity (Wildman–Crippen MR) is 118 cm³/mol. The van der Waals surface area contributed by atoms with Crippen LogP contribution in [0.15, 0.2) is 77.2 Å². The summed E-state index contributed by atoms with van der Waals surface area (Å²) < 4.78 is 5.77. The molecule has 0 saturated heterocycles. The molecule has 4 N–H and O–H groups in total. The van der Waals surface area contributed by atoms with E-state index in [4.69, 9.17) is 10.2 Å². The number of hydrogen-bond donors (Lipinski definition) is 3. The van der Waals surface area contributed by atoms with Crippen LogP contribution in [0.5, 0.6) is 0 Å². The highest BCUT2D eigenvalue weighted by atomic mass is 16.4. The van der Waals surface area contributed by atoms with Crippen LogP contribution in [0, 0.1) is 6.92 Å². The van der Waals surface area contributed by atoms with E-state index in [0.29, 0.717) is 34.3 Å². The van der Waals surface area contributed by atoms with Crippen molar-refractivity contribution >= 4 is 23.3 Å². The van der Waals surface area contributed by atoms with E-state index in [1.165, 1.54) is 0 Å². The second-order valence-electron chi connectivity index (χ2n) is 6.88. The van der Waals surface area contributed by atoms with Crippen molar-refractivity contribution in [3.05, 3.63) is 83.9 Å². The summed E-state index contributed by atoms with van der Waals surface area (Å²) >= 11 is 0. The van der Waals surface area contributed by atoms with Crippen molar-refractivity contribution in [1.29, 1.82) is 0 Å². The Morgan fingerprint density at radius 2 is 1.35 bits per heavy atom. The minimum Gasteiger partial charge on any atom is -0.416 e. The fourth-order valence-corrected chi connectivity index (χ4v) is 2.94. The first-order chi connectivity index (χ1) is 15.0. The van der Waals surface area contributed by atoms with Crippen molar-refractivity contribution in [3.8, 4) is 22.9 Å². The molecular formula is C23H19N5O3. The molecule has 1 heterocycles. The molecule has 0 unspecified atom stereocenters. The van der Waals surface area contributed by atoms with Crippen molar-refractivity contribution in [3.63, 3.8) is 0 Å². The number of carbonyl (C=O) groups is 2. The number of nitrogens with one attached hydrogen (secondary N) is 2. The van der Waals surface area contributed by atoms with E-state index in [1.807, 2.05) is 31.2 Å². The first-order valence-electron chi connectivity index (χ1n) is 9.47. The molecular weight excluding hydrogens is 394 g/mol. The van der Waals surface area contributed by atoms with Gasteiger partial charge in [-0.2, -0.15) is 0 Å². The highest BCUT2D eigenvalue weighted by Gasteiger charge is 2.12. The molecule has 0 aliphatic carbocycles. The average Bonchev–Trinajstić information content (AvgIpc) is 3.24. The van der Waals surface area contributed by atoms with Crippen molar-refractivity contribution in [2.24, 2.45) is 5.73 Å². The molecule has 8 heteroatoms. The van der Waals surface area contributed by atoms with Gasteiger partial charge in [0.1, 0.15) is 0 Å². The van der Waals surface area contributed by atoms with Gasteiger partial charge >= 0.3 is 6.03 Å². The second-order valence-corrected chi connectivity index (χ2v) is 6.88. The van der Waals surface area contributed by atoms with Gasteiger partial charge in [-0.15, -0.1) is 10.2 Å². The van der Waals surface area contributed by atoms with E-state index in [2.05, 4.69) is 20.8 Å². The van der Waals surface area contributed by atoms with E-state index < -0.39 is 6.03 Å². The molecule has 0 spiro atoms. The summed E-state index contributed by atoms with van der Waals surface area (Å²) in [5.41, 5.74) is 9.28. The Balaban J connectivity index is 1.46. The SMILES string of the molecule is Cc1ccc(-c2nnc(-c3ccc(C(=O)Nc4cccc(NC(N)=O)c4)cc3)o2)cc1. The van der Waals surface area contributed by atoms with Gasteiger partial charge in [0.25, 0.3) is 5.91 Å².